The van der Waals surface area contributed by atoms with E-state index < -0.39 is 0 Å². The van der Waals surface area contributed by atoms with E-state index in [-0.39, 0.29) is 5.82 Å². The molecular formula is C11H13BrFNO. The molecule has 1 atom stereocenters. The van der Waals surface area contributed by atoms with Crippen molar-refractivity contribution in [3.8, 4) is 0 Å². The van der Waals surface area contributed by atoms with Gasteiger partial charge >= 0.3 is 0 Å². The molecule has 1 heterocycles. The lowest BCUT2D eigenvalue weighted by molar-refractivity contribution is 0.187. The highest BCUT2D eigenvalue weighted by atomic mass is 79.9. The van der Waals surface area contributed by atoms with Crippen LogP contribution in [0.4, 0.5) is 10.1 Å². The zero-order valence-corrected chi connectivity index (χ0v) is 9.89. The number of hydrogen-bond donors (Lipinski definition) is 1. The third-order valence-corrected chi connectivity index (χ3v) is 3.03. The van der Waals surface area contributed by atoms with E-state index in [1.54, 1.807) is 12.1 Å². The van der Waals surface area contributed by atoms with E-state index in [2.05, 4.69) is 21.2 Å². The Morgan fingerprint density at radius 3 is 3.13 bits per heavy atom. The number of ether oxygens (including phenoxy) is 1. The van der Waals surface area contributed by atoms with Crippen LogP contribution in [0.15, 0.2) is 22.7 Å². The molecule has 1 fully saturated rings. The second kappa shape index (κ2) is 4.94. The quantitative estimate of drug-likeness (QED) is 0.914. The number of anilines is 1. The van der Waals surface area contributed by atoms with Gasteiger partial charge in [0.1, 0.15) is 5.82 Å². The molecule has 0 saturated carbocycles. The third kappa shape index (κ3) is 2.92. The lowest BCUT2D eigenvalue weighted by Gasteiger charge is -2.11. The molecule has 0 amide bonds. The minimum absolute atomic E-state index is 0.211. The van der Waals surface area contributed by atoms with Gasteiger partial charge in [0.25, 0.3) is 0 Å². The van der Waals surface area contributed by atoms with E-state index in [1.807, 2.05) is 0 Å². The Labute approximate surface area is 96.9 Å². The van der Waals surface area contributed by atoms with Crippen molar-refractivity contribution >= 4 is 21.6 Å². The molecule has 0 radical (unpaired) electrons. The van der Waals surface area contributed by atoms with Gasteiger partial charge < -0.3 is 10.1 Å². The fraction of sp³-hybridized carbons (Fsp3) is 0.455. The van der Waals surface area contributed by atoms with Crippen molar-refractivity contribution in [2.45, 2.75) is 6.42 Å². The molecule has 4 heteroatoms. The zero-order chi connectivity index (χ0) is 10.7. The van der Waals surface area contributed by atoms with Gasteiger partial charge in [0.05, 0.1) is 12.3 Å². The number of hydrogen-bond acceptors (Lipinski definition) is 2. The normalized spacial score (nSPS) is 20.5. The van der Waals surface area contributed by atoms with Crippen molar-refractivity contribution in [1.29, 1.82) is 0 Å². The van der Waals surface area contributed by atoms with Crippen LogP contribution >= 0.6 is 15.9 Å². The average molecular weight is 274 g/mol. The number of rotatable bonds is 3. The molecule has 1 aliphatic rings. The molecule has 1 N–H and O–H groups in total. The van der Waals surface area contributed by atoms with Crippen LogP contribution in [-0.2, 0) is 4.74 Å². The van der Waals surface area contributed by atoms with Crippen LogP contribution < -0.4 is 5.32 Å². The fourth-order valence-electron chi connectivity index (χ4n) is 1.63. The maximum atomic E-state index is 13.3. The topological polar surface area (TPSA) is 21.3 Å². The maximum absolute atomic E-state index is 13.3. The Balaban J connectivity index is 1.94. The first-order chi connectivity index (χ1) is 7.25. The monoisotopic (exact) mass is 273 g/mol. The van der Waals surface area contributed by atoms with Crippen LogP contribution in [0.3, 0.4) is 0 Å². The summed E-state index contributed by atoms with van der Waals surface area (Å²) >= 11 is 3.32. The van der Waals surface area contributed by atoms with Crippen LogP contribution in [-0.4, -0.2) is 19.8 Å². The van der Waals surface area contributed by atoms with Gasteiger partial charge in [0.2, 0.25) is 0 Å². The lowest BCUT2D eigenvalue weighted by Crippen LogP contribution is -2.14. The summed E-state index contributed by atoms with van der Waals surface area (Å²) in [6.45, 7) is 2.38. The molecule has 0 spiro atoms. The second-order valence-electron chi connectivity index (χ2n) is 3.73. The summed E-state index contributed by atoms with van der Waals surface area (Å²) in [7, 11) is 0. The first kappa shape index (κ1) is 10.9. The summed E-state index contributed by atoms with van der Waals surface area (Å²) in [5.74, 6) is 0.292. The van der Waals surface area contributed by atoms with Crippen LogP contribution in [0.2, 0.25) is 0 Å². The van der Waals surface area contributed by atoms with Gasteiger partial charge in [-0.15, -0.1) is 0 Å². The molecule has 82 valence electrons. The summed E-state index contributed by atoms with van der Waals surface area (Å²) in [4.78, 5) is 0. The van der Waals surface area contributed by atoms with E-state index in [9.17, 15) is 4.39 Å². The Morgan fingerprint density at radius 1 is 1.53 bits per heavy atom. The predicted octanol–water partition coefficient (Wildman–Crippen LogP) is 3.04. The molecule has 15 heavy (non-hydrogen) atoms. The van der Waals surface area contributed by atoms with Gasteiger partial charge in [-0.05, 0) is 24.6 Å². The van der Waals surface area contributed by atoms with Gasteiger partial charge in [0.15, 0.2) is 0 Å². The fourth-order valence-corrected chi connectivity index (χ4v) is 1.99. The van der Waals surface area contributed by atoms with Crippen molar-refractivity contribution < 1.29 is 9.13 Å². The van der Waals surface area contributed by atoms with Crippen LogP contribution in [0.25, 0.3) is 0 Å². The molecule has 1 aromatic rings. The highest BCUT2D eigenvalue weighted by Gasteiger charge is 2.15. The minimum Gasteiger partial charge on any atom is -0.382 e. The third-order valence-electron chi connectivity index (χ3n) is 2.53. The van der Waals surface area contributed by atoms with Gasteiger partial charge in [-0.25, -0.2) is 4.39 Å². The summed E-state index contributed by atoms with van der Waals surface area (Å²) < 4.78 is 19.5. The second-order valence-corrected chi connectivity index (χ2v) is 4.65. The highest BCUT2D eigenvalue weighted by Crippen LogP contribution is 2.21. The molecule has 0 aromatic heterocycles. The SMILES string of the molecule is Fc1ccc(Br)cc1NCC1CCOC1. The maximum Gasteiger partial charge on any atom is 0.146 e. The predicted molar refractivity (Wildman–Crippen MR) is 61.5 cm³/mol. The molecule has 2 rings (SSSR count). The van der Waals surface area contributed by atoms with Gasteiger partial charge in [0, 0.05) is 23.5 Å². The Kier molecular flexibility index (Phi) is 3.59. The summed E-state index contributed by atoms with van der Waals surface area (Å²) in [6, 6.07) is 4.90. The van der Waals surface area contributed by atoms with Gasteiger partial charge in [-0.1, -0.05) is 15.9 Å². The highest BCUT2D eigenvalue weighted by molar-refractivity contribution is 9.10. The van der Waals surface area contributed by atoms with Crippen LogP contribution in [0, 0.1) is 11.7 Å². The molecular weight excluding hydrogens is 261 g/mol. The van der Waals surface area contributed by atoms with E-state index in [0.29, 0.717) is 11.6 Å². The first-order valence-corrected chi connectivity index (χ1v) is 5.81. The number of benzene rings is 1. The summed E-state index contributed by atoms with van der Waals surface area (Å²) in [6.07, 6.45) is 1.06. The molecule has 1 unspecified atom stereocenters. The van der Waals surface area contributed by atoms with Crippen molar-refractivity contribution in [3.05, 3.63) is 28.5 Å². The number of halogens is 2. The zero-order valence-electron chi connectivity index (χ0n) is 8.30. The Morgan fingerprint density at radius 2 is 2.40 bits per heavy atom. The molecule has 0 aliphatic carbocycles. The molecule has 0 bridgehead atoms. The van der Waals surface area contributed by atoms with E-state index >= 15 is 0 Å². The molecule has 2 nitrogen and oxygen atoms in total. The Hall–Kier alpha value is -0.610. The number of nitrogens with one attached hydrogen (secondary N) is 1. The van der Waals surface area contributed by atoms with Crippen molar-refractivity contribution in [3.63, 3.8) is 0 Å². The largest absolute Gasteiger partial charge is 0.382 e. The van der Waals surface area contributed by atoms with E-state index in [0.717, 1.165) is 30.7 Å². The van der Waals surface area contributed by atoms with Crippen molar-refractivity contribution in [1.82, 2.24) is 0 Å². The van der Waals surface area contributed by atoms with Gasteiger partial charge in [-0.2, -0.15) is 0 Å². The van der Waals surface area contributed by atoms with Gasteiger partial charge in [-0.3, -0.25) is 0 Å². The minimum atomic E-state index is -0.211. The summed E-state index contributed by atoms with van der Waals surface area (Å²) in [5, 5.41) is 3.11. The van der Waals surface area contributed by atoms with Crippen molar-refractivity contribution in [2.24, 2.45) is 5.92 Å². The van der Waals surface area contributed by atoms with E-state index in [1.165, 1.54) is 6.07 Å². The standard InChI is InChI=1S/C11H13BrFNO/c12-9-1-2-10(13)11(5-9)14-6-8-3-4-15-7-8/h1-2,5,8,14H,3-4,6-7H2. The lowest BCUT2D eigenvalue weighted by atomic mass is 10.1. The van der Waals surface area contributed by atoms with Crippen LogP contribution in [0.5, 0.6) is 0 Å². The molecule has 1 aromatic carbocycles. The Bertz CT molecular complexity index is 339. The van der Waals surface area contributed by atoms with Crippen molar-refractivity contribution in [2.75, 3.05) is 25.1 Å². The summed E-state index contributed by atoms with van der Waals surface area (Å²) in [5.41, 5.74) is 0.552. The first-order valence-electron chi connectivity index (χ1n) is 5.02. The molecule has 1 saturated heterocycles. The molecule has 1 aliphatic heterocycles. The van der Waals surface area contributed by atoms with E-state index in [4.69, 9.17) is 4.74 Å². The smallest absolute Gasteiger partial charge is 0.146 e. The van der Waals surface area contributed by atoms with Crippen LogP contribution in [0.1, 0.15) is 6.42 Å². The average Bonchev–Trinajstić information content (AvgIpc) is 2.72.